The van der Waals surface area contributed by atoms with Crippen LogP contribution in [-0.2, 0) is 18.6 Å². The van der Waals surface area contributed by atoms with Crippen molar-refractivity contribution in [2.24, 2.45) is 16.6 Å². The van der Waals surface area contributed by atoms with E-state index in [1.807, 2.05) is 6.92 Å². The van der Waals surface area contributed by atoms with Crippen molar-refractivity contribution in [2.45, 2.75) is 50.0 Å². The fraction of sp³-hybridized carbons (Fsp3) is 0.360. The molecule has 1 aliphatic carbocycles. The van der Waals surface area contributed by atoms with Crippen molar-refractivity contribution < 1.29 is 22.3 Å². The number of nitrogens with zero attached hydrogens (tertiary/aromatic N) is 6. The summed E-state index contributed by atoms with van der Waals surface area (Å²) in [5, 5.41) is 9.42. The predicted octanol–water partition coefficient (Wildman–Crippen LogP) is 4.93. The number of hydrogen-bond acceptors (Lipinski definition) is 10. The first-order chi connectivity index (χ1) is 18.6. The van der Waals surface area contributed by atoms with Crippen LogP contribution in [-0.4, -0.2) is 41.5 Å². The normalized spacial score (nSPS) is 24.1. The Morgan fingerprint density at radius 3 is 2.77 bits per heavy atom. The van der Waals surface area contributed by atoms with Gasteiger partial charge in [-0.1, -0.05) is 23.1 Å². The highest BCUT2D eigenvalue weighted by molar-refractivity contribution is 8.15. The summed E-state index contributed by atoms with van der Waals surface area (Å²) >= 11 is 2.23. The first kappa shape index (κ1) is 25.9. The van der Waals surface area contributed by atoms with E-state index < -0.39 is 34.3 Å². The third-order valence-corrected chi connectivity index (χ3v) is 9.19. The summed E-state index contributed by atoms with van der Waals surface area (Å²) in [4.78, 5) is 17.6. The first-order valence-corrected chi connectivity index (χ1v) is 13.6. The third-order valence-electron chi connectivity index (χ3n) is 7.07. The molecule has 1 aromatic carbocycles. The van der Waals surface area contributed by atoms with Crippen molar-refractivity contribution in [3.05, 3.63) is 69.1 Å². The van der Waals surface area contributed by atoms with Gasteiger partial charge in [0.15, 0.2) is 21.8 Å². The molecule has 1 aliphatic heterocycles. The van der Waals surface area contributed by atoms with Crippen LogP contribution in [0.5, 0.6) is 5.88 Å². The second kappa shape index (κ2) is 9.37. The number of aryl methyl sites for hydroxylation is 1. The van der Waals surface area contributed by atoms with Gasteiger partial charge >= 0.3 is 0 Å². The van der Waals surface area contributed by atoms with Crippen molar-refractivity contribution in [3.63, 3.8) is 0 Å². The number of aliphatic imine (C=N–C) groups is 1. The maximum Gasteiger partial charge on any atom is 0.253 e. The monoisotopic (exact) mass is 575 g/mol. The number of ether oxygens (including phenoxy) is 1. The van der Waals surface area contributed by atoms with E-state index in [2.05, 4.69) is 30.1 Å². The number of amidine groups is 1. The van der Waals surface area contributed by atoms with Gasteiger partial charge in [0.1, 0.15) is 17.1 Å². The number of halogens is 4. The fourth-order valence-corrected chi connectivity index (χ4v) is 7.09. The van der Waals surface area contributed by atoms with E-state index in [0.29, 0.717) is 27.3 Å². The first-order valence-electron chi connectivity index (χ1n) is 11.9. The second-order valence-electron chi connectivity index (χ2n) is 9.67. The Hall–Kier alpha value is -3.39. The van der Waals surface area contributed by atoms with Crippen LogP contribution in [0.4, 0.5) is 17.6 Å². The van der Waals surface area contributed by atoms with E-state index in [4.69, 9.17) is 10.5 Å². The Morgan fingerprint density at radius 1 is 1.21 bits per heavy atom. The summed E-state index contributed by atoms with van der Waals surface area (Å²) in [6.45, 7) is 3.57. The highest BCUT2D eigenvalue weighted by Crippen LogP contribution is 2.68. The number of hydrogen-bond donors (Lipinski definition) is 1. The maximum absolute atomic E-state index is 15.2. The van der Waals surface area contributed by atoms with E-state index >= 15 is 4.39 Å². The number of benzene rings is 1. The van der Waals surface area contributed by atoms with Gasteiger partial charge in [-0.2, -0.15) is 0 Å². The van der Waals surface area contributed by atoms with E-state index in [9.17, 15) is 13.2 Å². The molecule has 39 heavy (non-hydrogen) atoms. The Kier molecular flexibility index (Phi) is 6.21. The highest BCUT2D eigenvalue weighted by Gasteiger charge is 2.71. The molecular formula is C25H21F4N7OS2. The quantitative estimate of drug-likeness (QED) is 0.309. The Labute approximate surface area is 228 Å². The van der Waals surface area contributed by atoms with Crippen LogP contribution in [0.25, 0.3) is 11.0 Å². The smallest absolute Gasteiger partial charge is 0.253 e. The van der Waals surface area contributed by atoms with Crippen molar-refractivity contribution in [1.29, 1.82) is 0 Å². The summed E-state index contributed by atoms with van der Waals surface area (Å²) < 4.78 is 62.1. The van der Waals surface area contributed by atoms with Crippen molar-refractivity contribution >= 4 is 39.3 Å². The second-order valence-corrected chi connectivity index (χ2v) is 12.3. The van der Waals surface area contributed by atoms with E-state index in [0.717, 1.165) is 22.8 Å². The summed E-state index contributed by atoms with van der Waals surface area (Å²) in [5.41, 5.74) is 6.17. The third kappa shape index (κ3) is 4.48. The van der Waals surface area contributed by atoms with E-state index in [1.54, 1.807) is 6.07 Å². The minimum atomic E-state index is -2.67. The molecule has 0 bridgehead atoms. The van der Waals surface area contributed by atoms with Crippen LogP contribution in [0.1, 0.15) is 40.2 Å². The molecule has 0 spiro atoms. The molecule has 0 amide bonds. The van der Waals surface area contributed by atoms with Crippen LogP contribution in [0.15, 0.2) is 35.6 Å². The molecule has 8 nitrogen and oxygen atoms in total. The number of alkyl halides is 2. The molecule has 3 atom stereocenters. The Balaban J connectivity index is 1.30. The molecule has 1 saturated carbocycles. The predicted molar refractivity (Wildman–Crippen MR) is 139 cm³/mol. The zero-order valence-corrected chi connectivity index (χ0v) is 22.3. The maximum atomic E-state index is 15.2. The number of fused-ring (bicyclic) bond motifs is 2. The van der Waals surface area contributed by atoms with Gasteiger partial charge in [0.2, 0.25) is 5.88 Å². The molecule has 3 aromatic heterocycles. The SMILES string of the molecule is Cc1nnc(COc2cnc3c(Cc4cc(F)c(F)c([C@@]5(C)N=C(N)S[C@@]6(C(F)F)C[C@@H]56)c4)nccc3n2)s1. The molecule has 1 fully saturated rings. The van der Waals surface area contributed by atoms with E-state index in [-0.39, 0.29) is 36.1 Å². The molecular weight excluding hydrogens is 554 g/mol. The standard InChI is InChI=1S/C25H21F4N7OS2/c1-11-35-36-19(38-11)10-37-18-9-32-21-15(33-18)3-4-31-16(21)7-12-5-13(20(27)14(26)6-12)24(2)17-8-25(17,22(28)29)39-23(30)34-24/h3-6,9,17,22H,7-8,10H2,1-2H3,(H2,30,34)/t17-,24+,25-/m0/s1. The van der Waals surface area contributed by atoms with Crippen LogP contribution in [0.3, 0.4) is 0 Å². The van der Waals surface area contributed by atoms with Gasteiger partial charge in [0.25, 0.3) is 6.43 Å². The molecule has 2 N–H and O–H groups in total. The van der Waals surface area contributed by atoms with Gasteiger partial charge in [-0.05, 0) is 44.0 Å². The Bertz CT molecular complexity index is 1630. The fourth-order valence-electron chi connectivity index (χ4n) is 5.13. The van der Waals surface area contributed by atoms with Crippen molar-refractivity contribution in [1.82, 2.24) is 25.1 Å². The van der Waals surface area contributed by atoms with Crippen LogP contribution < -0.4 is 10.5 Å². The molecule has 0 radical (unpaired) electrons. The molecule has 202 valence electrons. The topological polar surface area (TPSA) is 112 Å². The molecule has 0 unspecified atom stereocenters. The zero-order chi connectivity index (χ0) is 27.5. The summed E-state index contributed by atoms with van der Waals surface area (Å²) in [7, 11) is 0. The Morgan fingerprint density at radius 2 is 2.03 bits per heavy atom. The minimum absolute atomic E-state index is 0.0676. The molecule has 4 aromatic rings. The molecule has 0 saturated heterocycles. The van der Waals surface area contributed by atoms with Crippen molar-refractivity contribution in [2.75, 3.05) is 0 Å². The van der Waals surface area contributed by atoms with Gasteiger partial charge in [-0.15, -0.1) is 10.2 Å². The number of rotatable bonds is 7. The lowest BCUT2D eigenvalue weighted by molar-refractivity contribution is 0.123. The lowest BCUT2D eigenvalue weighted by Crippen LogP contribution is -2.39. The summed E-state index contributed by atoms with van der Waals surface area (Å²) in [6.07, 6.45) is 0.510. The lowest BCUT2D eigenvalue weighted by Gasteiger charge is -2.34. The largest absolute Gasteiger partial charge is 0.469 e. The average Bonchev–Trinajstić information content (AvgIpc) is 3.51. The molecule has 14 heteroatoms. The van der Waals surface area contributed by atoms with Gasteiger partial charge < -0.3 is 10.5 Å². The van der Waals surface area contributed by atoms with Gasteiger partial charge in [-0.25, -0.2) is 27.5 Å². The van der Waals surface area contributed by atoms with Crippen LogP contribution >= 0.6 is 23.1 Å². The number of nitrogens with two attached hydrogens (primary N) is 1. The summed E-state index contributed by atoms with van der Waals surface area (Å²) in [5.74, 6) is -2.63. The molecule has 6 rings (SSSR count). The van der Waals surface area contributed by atoms with Gasteiger partial charge in [-0.3, -0.25) is 9.98 Å². The molecule has 2 aliphatic rings. The lowest BCUT2D eigenvalue weighted by atomic mass is 9.84. The number of aromatic nitrogens is 5. The average molecular weight is 576 g/mol. The summed E-state index contributed by atoms with van der Waals surface area (Å²) in [6, 6.07) is 4.19. The van der Waals surface area contributed by atoms with Crippen molar-refractivity contribution in [3.8, 4) is 5.88 Å². The minimum Gasteiger partial charge on any atom is -0.469 e. The number of pyridine rings is 1. The van der Waals surface area contributed by atoms with Gasteiger partial charge in [0.05, 0.1) is 27.7 Å². The molecule has 4 heterocycles. The van der Waals surface area contributed by atoms with Crippen LogP contribution in [0.2, 0.25) is 0 Å². The van der Waals surface area contributed by atoms with Crippen LogP contribution in [0, 0.1) is 24.5 Å². The van der Waals surface area contributed by atoms with E-state index in [1.165, 1.54) is 36.7 Å². The number of thioether (sulfide) groups is 1. The highest BCUT2D eigenvalue weighted by atomic mass is 32.2. The van der Waals surface area contributed by atoms with Gasteiger partial charge in [0, 0.05) is 24.1 Å². The zero-order valence-electron chi connectivity index (χ0n) is 20.7.